The second kappa shape index (κ2) is 7.35. The van der Waals surface area contributed by atoms with Gasteiger partial charge in [-0.2, -0.15) is 5.10 Å². The molecule has 0 bridgehead atoms. The Bertz CT molecular complexity index is 994. The molecule has 2 aromatic heterocycles. The largest absolute Gasteiger partial charge is 0.475 e. The van der Waals surface area contributed by atoms with Crippen LogP contribution in [0.3, 0.4) is 0 Å². The average molecular weight is 352 g/mol. The van der Waals surface area contributed by atoms with Gasteiger partial charge in [0.05, 0.1) is 11.5 Å². The number of nitrogens with one attached hydrogen (secondary N) is 1. The Hall–Kier alpha value is -3.22. The van der Waals surface area contributed by atoms with Gasteiger partial charge in [0, 0.05) is 31.2 Å². The highest BCUT2D eigenvalue weighted by Gasteiger charge is 2.15. The minimum Gasteiger partial charge on any atom is -0.475 e. The molecule has 134 valence electrons. The van der Waals surface area contributed by atoms with Crippen molar-refractivity contribution in [1.82, 2.24) is 20.1 Å². The van der Waals surface area contributed by atoms with E-state index >= 15 is 0 Å². The topological polar surface area (TPSA) is 86.1 Å². The van der Waals surface area contributed by atoms with E-state index in [-0.39, 0.29) is 23.3 Å². The van der Waals surface area contributed by atoms with Gasteiger partial charge in [0.1, 0.15) is 0 Å². The van der Waals surface area contributed by atoms with Crippen LogP contribution in [-0.4, -0.2) is 26.8 Å². The molecular formula is C19H20N4O3. The Morgan fingerprint density at radius 1 is 1.19 bits per heavy atom. The van der Waals surface area contributed by atoms with Crippen molar-refractivity contribution in [3.8, 4) is 5.88 Å². The number of nitrogens with zero attached hydrogens (tertiary/aromatic N) is 3. The summed E-state index contributed by atoms with van der Waals surface area (Å²) in [6, 6.07) is 10.6. The minimum atomic E-state index is -0.348. The fraction of sp³-hybridized carbons (Fsp3) is 0.263. The first-order valence-corrected chi connectivity index (χ1v) is 8.31. The van der Waals surface area contributed by atoms with Gasteiger partial charge < -0.3 is 10.1 Å². The van der Waals surface area contributed by atoms with Crippen LogP contribution in [-0.2, 0) is 13.6 Å². The van der Waals surface area contributed by atoms with E-state index in [1.807, 2.05) is 19.9 Å². The second-order valence-electron chi connectivity index (χ2n) is 6.18. The molecule has 1 N–H and O–H groups in total. The number of pyridine rings is 1. The molecule has 1 aromatic carbocycles. The molecular weight excluding hydrogens is 332 g/mol. The summed E-state index contributed by atoms with van der Waals surface area (Å²) < 4.78 is 6.67. The van der Waals surface area contributed by atoms with Crippen LogP contribution in [0.2, 0.25) is 0 Å². The molecule has 3 aromatic rings. The van der Waals surface area contributed by atoms with Gasteiger partial charge in [0.25, 0.3) is 11.5 Å². The van der Waals surface area contributed by atoms with Crippen LogP contribution in [0, 0.1) is 0 Å². The molecule has 2 heterocycles. The van der Waals surface area contributed by atoms with Gasteiger partial charge in [0.2, 0.25) is 5.88 Å². The number of aryl methyl sites for hydroxylation is 1. The number of fused-ring (bicyclic) bond motifs is 1. The van der Waals surface area contributed by atoms with Gasteiger partial charge in [-0.05, 0) is 25.5 Å². The van der Waals surface area contributed by atoms with Gasteiger partial charge in [-0.1, -0.05) is 24.3 Å². The number of aromatic nitrogens is 3. The van der Waals surface area contributed by atoms with Crippen LogP contribution >= 0.6 is 0 Å². The maximum absolute atomic E-state index is 12.6. The molecule has 0 spiro atoms. The number of carbonyl (C=O) groups excluding carboxylic acids is 1. The quantitative estimate of drug-likeness (QED) is 0.759. The monoisotopic (exact) mass is 352 g/mol. The summed E-state index contributed by atoms with van der Waals surface area (Å²) in [6.07, 6.45) is 1.71. The number of benzene rings is 1. The van der Waals surface area contributed by atoms with Crippen LogP contribution in [0.4, 0.5) is 0 Å². The average Bonchev–Trinajstić information content (AvgIpc) is 2.63. The summed E-state index contributed by atoms with van der Waals surface area (Å²) >= 11 is 0. The van der Waals surface area contributed by atoms with Gasteiger partial charge in [-0.25, -0.2) is 9.67 Å². The zero-order valence-electron chi connectivity index (χ0n) is 14.9. The van der Waals surface area contributed by atoms with E-state index in [2.05, 4.69) is 15.4 Å². The van der Waals surface area contributed by atoms with Crippen LogP contribution in [0.25, 0.3) is 10.8 Å². The van der Waals surface area contributed by atoms with E-state index in [9.17, 15) is 9.59 Å². The van der Waals surface area contributed by atoms with E-state index in [4.69, 9.17) is 4.74 Å². The lowest BCUT2D eigenvalue weighted by Crippen LogP contribution is -2.29. The van der Waals surface area contributed by atoms with Crippen LogP contribution in [0.15, 0.2) is 47.4 Å². The molecule has 1 amide bonds. The third-order valence-electron chi connectivity index (χ3n) is 3.78. The fourth-order valence-corrected chi connectivity index (χ4v) is 2.56. The lowest BCUT2D eigenvalue weighted by molar-refractivity contribution is 0.0945. The minimum absolute atomic E-state index is 0.0529. The molecule has 0 unspecified atom stereocenters. The Kier molecular flexibility index (Phi) is 4.97. The predicted octanol–water partition coefficient (Wildman–Crippen LogP) is 2.05. The molecule has 0 saturated heterocycles. The van der Waals surface area contributed by atoms with Crippen molar-refractivity contribution in [3.05, 3.63) is 64.2 Å². The zero-order valence-corrected chi connectivity index (χ0v) is 14.9. The summed E-state index contributed by atoms with van der Waals surface area (Å²) in [4.78, 5) is 28.9. The summed E-state index contributed by atoms with van der Waals surface area (Å²) in [5.74, 6) is 0.195. The first kappa shape index (κ1) is 17.6. The summed E-state index contributed by atoms with van der Waals surface area (Å²) in [7, 11) is 1.53. The zero-order chi connectivity index (χ0) is 18.7. The van der Waals surface area contributed by atoms with E-state index in [0.717, 1.165) is 5.56 Å². The molecule has 0 radical (unpaired) electrons. The Morgan fingerprint density at radius 3 is 2.58 bits per heavy atom. The number of ether oxygens (including phenoxy) is 1. The van der Waals surface area contributed by atoms with Crippen molar-refractivity contribution in [1.29, 1.82) is 0 Å². The van der Waals surface area contributed by atoms with Crippen LogP contribution in [0.1, 0.15) is 29.9 Å². The third kappa shape index (κ3) is 3.72. The molecule has 0 atom stereocenters. The molecule has 7 nitrogen and oxygen atoms in total. The molecule has 0 saturated carbocycles. The SMILES string of the molecule is CC(C)Oc1ccc(CNC(=O)c2nn(C)c(=O)c3ccccc23)cn1. The van der Waals surface area contributed by atoms with E-state index < -0.39 is 0 Å². The van der Waals surface area contributed by atoms with Crippen molar-refractivity contribution in [2.24, 2.45) is 7.05 Å². The molecule has 7 heteroatoms. The standard InChI is InChI=1S/C19H20N4O3/c1-12(2)26-16-9-8-13(10-20-16)11-21-18(24)17-14-6-4-5-7-15(14)19(25)23(3)22-17/h4-10,12H,11H2,1-3H3,(H,21,24). The van der Waals surface area contributed by atoms with Gasteiger partial charge >= 0.3 is 0 Å². The molecule has 0 aliphatic carbocycles. The second-order valence-corrected chi connectivity index (χ2v) is 6.18. The van der Waals surface area contributed by atoms with Gasteiger partial charge in [0.15, 0.2) is 5.69 Å². The van der Waals surface area contributed by atoms with E-state index in [1.165, 1.54) is 11.7 Å². The summed E-state index contributed by atoms with van der Waals surface area (Å²) in [5, 5.41) is 7.93. The van der Waals surface area contributed by atoms with E-state index in [1.54, 1.807) is 36.5 Å². The van der Waals surface area contributed by atoms with Crippen LogP contribution in [0.5, 0.6) is 5.88 Å². The Labute approximate surface area is 150 Å². The highest BCUT2D eigenvalue weighted by Crippen LogP contribution is 2.13. The first-order chi connectivity index (χ1) is 12.5. The number of hydrogen-bond donors (Lipinski definition) is 1. The van der Waals surface area contributed by atoms with E-state index in [0.29, 0.717) is 23.2 Å². The summed E-state index contributed by atoms with van der Waals surface area (Å²) in [5.41, 5.74) is 0.820. The highest BCUT2D eigenvalue weighted by molar-refractivity contribution is 6.04. The fourth-order valence-electron chi connectivity index (χ4n) is 2.56. The molecule has 0 fully saturated rings. The predicted molar refractivity (Wildman–Crippen MR) is 98.2 cm³/mol. The number of rotatable bonds is 5. The van der Waals surface area contributed by atoms with Crippen molar-refractivity contribution in [3.63, 3.8) is 0 Å². The normalized spacial score (nSPS) is 10.9. The highest BCUT2D eigenvalue weighted by atomic mass is 16.5. The van der Waals surface area contributed by atoms with Crippen LogP contribution < -0.4 is 15.6 Å². The van der Waals surface area contributed by atoms with Gasteiger partial charge in [-0.3, -0.25) is 9.59 Å². The van der Waals surface area contributed by atoms with Crippen molar-refractivity contribution < 1.29 is 9.53 Å². The molecule has 0 aliphatic rings. The maximum Gasteiger partial charge on any atom is 0.274 e. The van der Waals surface area contributed by atoms with Crippen molar-refractivity contribution >= 4 is 16.7 Å². The smallest absolute Gasteiger partial charge is 0.274 e. The number of hydrogen-bond acceptors (Lipinski definition) is 5. The Morgan fingerprint density at radius 2 is 1.92 bits per heavy atom. The third-order valence-corrected chi connectivity index (χ3v) is 3.78. The number of carbonyl (C=O) groups is 1. The molecule has 0 aliphatic heterocycles. The van der Waals surface area contributed by atoms with Crippen molar-refractivity contribution in [2.45, 2.75) is 26.5 Å². The van der Waals surface area contributed by atoms with Crippen molar-refractivity contribution in [2.75, 3.05) is 0 Å². The maximum atomic E-state index is 12.6. The molecule has 3 rings (SSSR count). The lowest BCUT2D eigenvalue weighted by atomic mass is 10.1. The first-order valence-electron chi connectivity index (χ1n) is 8.31. The lowest BCUT2D eigenvalue weighted by Gasteiger charge is -2.10. The molecule has 26 heavy (non-hydrogen) atoms. The van der Waals surface area contributed by atoms with Gasteiger partial charge in [-0.15, -0.1) is 0 Å². The Balaban J connectivity index is 1.78. The summed E-state index contributed by atoms with van der Waals surface area (Å²) in [6.45, 7) is 4.16. The number of amides is 1.